The van der Waals surface area contributed by atoms with Crippen LogP contribution in [0.5, 0.6) is 0 Å². The molecule has 0 aromatic rings. The molecule has 0 bridgehead atoms. The molecule has 3 atom stereocenters. The predicted octanol–water partition coefficient (Wildman–Crippen LogP) is 3.55. The Labute approximate surface area is 117 Å². The van der Waals surface area contributed by atoms with Gasteiger partial charge in [0.05, 0.1) is 5.92 Å². The van der Waals surface area contributed by atoms with Crippen LogP contribution in [-0.4, -0.2) is 36.2 Å². The van der Waals surface area contributed by atoms with Gasteiger partial charge in [0, 0.05) is 19.1 Å². The highest BCUT2D eigenvalue weighted by molar-refractivity contribution is 5.74. The fraction of sp³-hybridized carbons (Fsp3) is 0.929. The van der Waals surface area contributed by atoms with E-state index in [1.54, 1.807) is 4.90 Å². The number of halogens is 3. The standard InChI is InChI=1S/C14H23F3N2O/c1-10-4-3-7-19(9-10)13(20)18-12-6-2-5-11(8-12)14(15,16)17/h10-12H,2-9H2,1H3,(H,18,20). The molecule has 0 radical (unpaired) electrons. The number of piperidine rings is 1. The SMILES string of the molecule is CC1CCCN(C(=O)NC2CCCC(C(F)(F)F)C2)C1. The van der Waals surface area contributed by atoms with Crippen molar-refractivity contribution in [2.24, 2.45) is 11.8 Å². The molecule has 1 saturated carbocycles. The molecule has 2 fully saturated rings. The summed E-state index contributed by atoms with van der Waals surface area (Å²) >= 11 is 0. The Morgan fingerprint density at radius 1 is 1.20 bits per heavy atom. The Bertz CT molecular complexity index is 346. The van der Waals surface area contributed by atoms with Crippen LogP contribution >= 0.6 is 0 Å². The molecule has 116 valence electrons. The predicted molar refractivity (Wildman–Crippen MR) is 70.3 cm³/mol. The lowest BCUT2D eigenvalue weighted by atomic mass is 9.85. The summed E-state index contributed by atoms with van der Waals surface area (Å²) < 4.78 is 38.2. The van der Waals surface area contributed by atoms with Crippen LogP contribution in [0.15, 0.2) is 0 Å². The van der Waals surface area contributed by atoms with Crippen molar-refractivity contribution < 1.29 is 18.0 Å². The quantitative estimate of drug-likeness (QED) is 0.787. The van der Waals surface area contributed by atoms with Gasteiger partial charge in [0.2, 0.25) is 0 Å². The van der Waals surface area contributed by atoms with Crippen molar-refractivity contribution in [1.82, 2.24) is 10.2 Å². The first-order valence-corrected chi connectivity index (χ1v) is 7.48. The van der Waals surface area contributed by atoms with E-state index in [0.29, 0.717) is 31.8 Å². The monoisotopic (exact) mass is 292 g/mol. The molecule has 2 amide bonds. The lowest BCUT2D eigenvalue weighted by Gasteiger charge is -2.35. The zero-order valence-electron chi connectivity index (χ0n) is 11.9. The third-order valence-electron chi connectivity index (χ3n) is 4.41. The van der Waals surface area contributed by atoms with Gasteiger partial charge in [-0.15, -0.1) is 0 Å². The van der Waals surface area contributed by atoms with Crippen LogP contribution < -0.4 is 5.32 Å². The largest absolute Gasteiger partial charge is 0.391 e. The molecular formula is C14H23F3N2O. The third-order valence-corrected chi connectivity index (χ3v) is 4.41. The van der Waals surface area contributed by atoms with E-state index in [4.69, 9.17) is 0 Å². The fourth-order valence-electron chi connectivity index (χ4n) is 3.26. The maximum atomic E-state index is 12.7. The van der Waals surface area contributed by atoms with Crippen LogP contribution in [0.3, 0.4) is 0 Å². The molecule has 2 rings (SSSR count). The number of carbonyl (C=O) groups is 1. The minimum atomic E-state index is -4.14. The molecule has 2 aliphatic rings. The second-order valence-corrected chi connectivity index (χ2v) is 6.24. The number of nitrogens with one attached hydrogen (secondary N) is 1. The average molecular weight is 292 g/mol. The summed E-state index contributed by atoms with van der Waals surface area (Å²) in [4.78, 5) is 13.8. The van der Waals surface area contributed by atoms with E-state index in [2.05, 4.69) is 12.2 Å². The first-order valence-electron chi connectivity index (χ1n) is 7.48. The number of amides is 2. The summed E-state index contributed by atoms with van der Waals surface area (Å²) in [6.07, 6.45) is -0.640. The number of rotatable bonds is 1. The minimum absolute atomic E-state index is 0.0264. The molecule has 20 heavy (non-hydrogen) atoms. The molecule has 1 N–H and O–H groups in total. The molecule has 0 spiro atoms. The van der Waals surface area contributed by atoms with Gasteiger partial charge in [-0.2, -0.15) is 13.2 Å². The zero-order chi connectivity index (χ0) is 14.8. The number of alkyl halides is 3. The lowest BCUT2D eigenvalue weighted by Crippen LogP contribution is -2.50. The van der Waals surface area contributed by atoms with E-state index in [1.165, 1.54) is 0 Å². The van der Waals surface area contributed by atoms with Gasteiger partial charge in [-0.3, -0.25) is 0 Å². The fourth-order valence-corrected chi connectivity index (χ4v) is 3.26. The van der Waals surface area contributed by atoms with Crippen molar-refractivity contribution >= 4 is 6.03 Å². The summed E-state index contributed by atoms with van der Waals surface area (Å²) in [6.45, 7) is 3.52. The first-order chi connectivity index (χ1) is 9.36. The normalized spacial score (nSPS) is 32.0. The first kappa shape index (κ1) is 15.4. The van der Waals surface area contributed by atoms with Gasteiger partial charge in [0.25, 0.3) is 0 Å². The molecule has 3 nitrogen and oxygen atoms in total. The number of urea groups is 1. The Hall–Kier alpha value is -0.940. The van der Waals surface area contributed by atoms with E-state index in [1.807, 2.05) is 0 Å². The minimum Gasteiger partial charge on any atom is -0.335 e. The number of hydrogen-bond acceptors (Lipinski definition) is 1. The van der Waals surface area contributed by atoms with Gasteiger partial charge in [0.15, 0.2) is 0 Å². The van der Waals surface area contributed by atoms with E-state index >= 15 is 0 Å². The Morgan fingerprint density at radius 3 is 2.60 bits per heavy atom. The highest BCUT2D eigenvalue weighted by atomic mass is 19.4. The van der Waals surface area contributed by atoms with Crippen LogP contribution in [0.4, 0.5) is 18.0 Å². The van der Waals surface area contributed by atoms with Crippen molar-refractivity contribution in [2.45, 2.75) is 57.7 Å². The second-order valence-electron chi connectivity index (χ2n) is 6.24. The molecule has 0 aromatic carbocycles. The molecule has 1 saturated heterocycles. The molecule has 0 aromatic heterocycles. The summed E-state index contributed by atoms with van der Waals surface area (Å²) in [7, 11) is 0. The van der Waals surface area contributed by atoms with Crippen LogP contribution in [0.25, 0.3) is 0 Å². The maximum absolute atomic E-state index is 12.7. The van der Waals surface area contributed by atoms with Crippen LogP contribution in [-0.2, 0) is 0 Å². The van der Waals surface area contributed by atoms with Gasteiger partial charge >= 0.3 is 12.2 Å². The molecule has 1 heterocycles. The Balaban J connectivity index is 1.84. The summed E-state index contributed by atoms with van der Waals surface area (Å²) in [5, 5.41) is 2.80. The van der Waals surface area contributed by atoms with Gasteiger partial charge in [-0.25, -0.2) is 4.79 Å². The van der Waals surface area contributed by atoms with Crippen molar-refractivity contribution in [3.63, 3.8) is 0 Å². The zero-order valence-corrected chi connectivity index (χ0v) is 11.9. The molecule has 1 aliphatic heterocycles. The maximum Gasteiger partial charge on any atom is 0.391 e. The highest BCUT2D eigenvalue weighted by Crippen LogP contribution is 2.37. The van der Waals surface area contributed by atoms with E-state index in [0.717, 1.165) is 12.8 Å². The van der Waals surface area contributed by atoms with Gasteiger partial charge in [-0.05, 0) is 38.0 Å². The number of likely N-dealkylation sites (tertiary alicyclic amines) is 1. The third kappa shape index (κ3) is 4.03. The highest BCUT2D eigenvalue weighted by Gasteiger charge is 2.42. The van der Waals surface area contributed by atoms with Crippen molar-refractivity contribution in [3.8, 4) is 0 Å². The van der Waals surface area contributed by atoms with Crippen molar-refractivity contribution in [1.29, 1.82) is 0 Å². The average Bonchev–Trinajstić information content (AvgIpc) is 2.38. The molecule has 3 unspecified atom stereocenters. The summed E-state index contributed by atoms with van der Waals surface area (Å²) in [5.74, 6) is -0.786. The summed E-state index contributed by atoms with van der Waals surface area (Å²) in [6, 6.07) is -0.524. The van der Waals surface area contributed by atoms with Crippen molar-refractivity contribution in [3.05, 3.63) is 0 Å². The molecule has 6 heteroatoms. The smallest absolute Gasteiger partial charge is 0.335 e. The van der Waals surface area contributed by atoms with Crippen LogP contribution in [0.2, 0.25) is 0 Å². The van der Waals surface area contributed by atoms with Crippen LogP contribution in [0, 0.1) is 11.8 Å². The van der Waals surface area contributed by atoms with E-state index < -0.39 is 12.1 Å². The van der Waals surface area contributed by atoms with Gasteiger partial charge in [-0.1, -0.05) is 13.3 Å². The second kappa shape index (κ2) is 6.22. The van der Waals surface area contributed by atoms with E-state index in [-0.39, 0.29) is 24.9 Å². The van der Waals surface area contributed by atoms with Crippen LogP contribution in [0.1, 0.15) is 45.4 Å². The lowest BCUT2D eigenvalue weighted by molar-refractivity contribution is -0.183. The van der Waals surface area contributed by atoms with E-state index in [9.17, 15) is 18.0 Å². The number of carbonyl (C=O) groups excluding carboxylic acids is 1. The molecular weight excluding hydrogens is 269 g/mol. The van der Waals surface area contributed by atoms with Crippen molar-refractivity contribution in [2.75, 3.05) is 13.1 Å². The Morgan fingerprint density at radius 2 is 1.95 bits per heavy atom. The number of hydrogen-bond donors (Lipinski definition) is 1. The summed E-state index contributed by atoms with van der Waals surface area (Å²) in [5.41, 5.74) is 0. The number of nitrogens with zero attached hydrogens (tertiary/aromatic N) is 1. The molecule has 1 aliphatic carbocycles. The van der Waals surface area contributed by atoms with Gasteiger partial charge < -0.3 is 10.2 Å². The topological polar surface area (TPSA) is 32.3 Å². The van der Waals surface area contributed by atoms with Gasteiger partial charge in [0.1, 0.15) is 0 Å². The Kier molecular flexibility index (Phi) is 4.81.